The number of likely N-dealkylation sites (N-methyl/N-ethyl adjacent to an activating group) is 1. The summed E-state index contributed by atoms with van der Waals surface area (Å²) in [6.45, 7) is 0.549. The molecule has 1 aromatic carbocycles. The normalized spacial score (nSPS) is 10.9. The van der Waals surface area contributed by atoms with Crippen LogP contribution in [0.3, 0.4) is 0 Å². The molecule has 0 saturated carbocycles. The third-order valence-corrected chi connectivity index (χ3v) is 1.97. The molecule has 0 amide bonds. The Morgan fingerprint density at radius 1 is 1.20 bits per heavy atom. The van der Waals surface area contributed by atoms with E-state index < -0.39 is 11.7 Å². The molecule has 15 heavy (non-hydrogen) atoms. The monoisotopic (exact) mass is 239 g/mol. The van der Waals surface area contributed by atoms with E-state index in [9.17, 15) is 13.2 Å². The lowest BCUT2D eigenvalue weighted by molar-refractivity contribution is -0.138. The van der Waals surface area contributed by atoms with Crippen molar-refractivity contribution in [2.45, 2.75) is 12.6 Å². The summed E-state index contributed by atoms with van der Waals surface area (Å²) in [5.74, 6) is 0. The molecule has 1 N–H and O–H groups in total. The maximum absolute atomic E-state index is 12.5. The molecule has 0 unspecified atom stereocenters. The van der Waals surface area contributed by atoms with Gasteiger partial charge in [0.2, 0.25) is 0 Å². The van der Waals surface area contributed by atoms with Gasteiger partial charge in [-0.3, -0.25) is 0 Å². The molecular weight excluding hydrogens is 227 g/mol. The number of benzene rings is 1. The molecule has 0 aromatic heterocycles. The van der Waals surface area contributed by atoms with E-state index in [1.54, 1.807) is 13.1 Å². The fourth-order valence-electron chi connectivity index (χ4n) is 1.27. The fraction of sp³-hybridized carbons (Fsp3) is 0.400. The van der Waals surface area contributed by atoms with Gasteiger partial charge in [-0.2, -0.15) is 13.2 Å². The van der Waals surface area contributed by atoms with Crippen molar-refractivity contribution in [1.82, 2.24) is 5.32 Å². The van der Waals surface area contributed by atoms with E-state index in [2.05, 4.69) is 5.32 Å². The lowest BCUT2D eigenvalue weighted by Gasteiger charge is -2.11. The number of hydrogen-bond acceptors (Lipinski definition) is 1. The molecule has 86 valence electrons. The molecule has 0 fully saturated rings. The minimum absolute atomic E-state index is 0. The Kier molecular flexibility index (Phi) is 5.68. The van der Waals surface area contributed by atoms with Crippen LogP contribution in [-0.4, -0.2) is 13.6 Å². The van der Waals surface area contributed by atoms with Gasteiger partial charge < -0.3 is 5.32 Å². The van der Waals surface area contributed by atoms with Crippen LogP contribution in [0, 0.1) is 0 Å². The maximum atomic E-state index is 12.5. The summed E-state index contributed by atoms with van der Waals surface area (Å²) in [5, 5.41) is 2.83. The zero-order valence-corrected chi connectivity index (χ0v) is 9.08. The molecule has 0 aliphatic rings. The van der Waals surface area contributed by atoms with Gasteiger partial charge in [0.15, 0.2) is 0 Å². The van der Waals surface area contributed by atoms with E-state index in [1.807, 2.05) is 0 Å². The van der Waals surface area contributed by atoms with Crippen LogP contribution in [0.5, 0.6) is 0 Å². The number of rotatable bonds is 3. The highest BCUT2D eigenvalue weighted by Gasteiger charge is 2.32. The molecule has 1 nitrogen and oxygen atoms in total. The van der Waals surface area contributed by atoms with Crippen LogP contribution in [0.1, 0.15) is 11.1 Å². The van der Waals surface area contributed by atoms with Crippen molar-refractivity contribution in [3.63, 3.8) is 0 Å². The van der Waals surface area contributed by atoms with Crippen molar-refractivity contribution in [3.05, 3.63) is 35.4 Å². The van der Waals surface area contributed by atoms with Gasteiger partial charge >= 0.3 is 6.18 Å². The predicted octanol–water partition coefficient (Wildman–Crippen LogP) is 2.89. The minimum Gasteiger partial charge on any atom is -0.319 e. The van der Waals surface area contributed by atoms with Crippen LogP contribution in [-0.2, 0) is 12.6 Å². The Hall–Kier alpha value is -0.740. The number of halogens is 4. The molecule has 0 aliphatic carbocycles. The van der Waals surface area contributed by atoms with Gasteiger partial charge in [0.1, 0.15) is 0 Å². The second kappa shape index (κ2) is 5.98. The second-order valence-electron chi connectivity index (χ2n) is 3.01. The molecule has 5 heteroatoms. The number of nitrogens with one attached hydrogen (secondary N) is 1. The largest absolute Gasteiger partial charge is 0.416 e. The third kappa shape index (κ3) is 4.10. The van der Waals surface area contributed by atoms with E-state index in [0.717, 1.165) is 6.07 Å². The summed E-state index contributed by atoms with van der Waals surface area (Å²) in [4.78, 5) is 0. The van der Waals surface area contributed by atoms with Crippen molar-refractivity contribution < 1.29 is 13.2 Å². The summed E-state index contributed by atoms with van der Waals surface area (Å²) in [6, 6.07) is 5.66. The van der Waals surface area contributed by atoms with E-state index in [1.165, 1.54) is 12.1 Å². The first-order chi connectivity index (χ1) is 6.55. The van der Waals surface area contributed by atoms with E-state index in [-0.39, 0.29) is 12.4 Å². The quantitative estimate of drug-likeness (QED) is 0.855. The van der Waals surface area contributed by atoms with Gasteiger partial charge in [0.25, 0.3) is 0 Å². The van der Waals surface area contributed by atoms with Crippen LogP contribution >= 0.6 is 12.4 Å². The van der Waals surface area contributed by atoms with Gasteiger partial charge in [-0.05, 0) is 31.6 Å². The lowest BCUT2D eigenvalue weighted by Crippen LogP contribution is -2.15. The molecule has 1 aromatic rings. The summed E-state index contributed by atoms with van der Waals surface area (Å²) in [7, 11) is 1.72. The molecule has 0 spiro atoms. The minimum atomic E-state index is -4.25. The number of hydrogen-bond donors (Lipinski definition) is 1. The smallest absolute Gasteiger partial charge is 0.319 e. The van der Waals surface area contributed by atoms with Crippen LogP contribution in [0.4, 0.5) is 13.2 Å². The van der Waals surface area contributed by atoms with Gasteiger partial charge in [0.05, 0.1) is 5.56 Å². The molecule has 0 saturated heterocycles. The van der Waals surface area contributed by atoms with Crippen LogP contribution < -0.4 is 5.32 Å². The highest BCUT2D eigenvalue weighted by molar-refractivity contribution is 5.85. The zero-order valence-electron chi connectivity index (χ0n) is 8.27. The number of alkyl halides is 3. The van der Waals surface area contributed by atoms with Crippen LogP contribution in [0.15, 0.2) is 24.3 Å². The Morgan fingerprint density at radius 3 is 2.33 bits per heavy atom. The summed E-state index contributed by atoms with van der Waals surface area (Å²) < 4.78 is 37.4. The first kappa shape index (κ1) is 14.3. The Morgan fingerprint density at radius 2 is 1.80 bits per heavy atom. The third-order valence-electron chi connectivity index (χ3n) is 1.97. The molecule has 0 heterocycles. The lowest BCUT2D eigenvalue weighted by atomic mass is 10.0. The van der Waals surface area contributed by atoms with Gasteiger partial charge in [-0.25, -0.2) is 0 Å². The maximum Gasteiger partial charge on any atom is 0.416 e. The first-order valence-electron chi connectivity index (χ1n) is 4.35. The Labute approximate surface area is 93.1 Å². The van der Waals surface area contributed by atoms with E-state index >= 15 is 0 Å². The summed E-state index contributed by atoms with van der Waals surface area (Å²) >= 11 is 0. The van der Waals surface area contributed by atoms with Crippen molar-refractivity contribution in [3.8, 4) is 0 Å². The van der Waals surface area contributed by atoms with E-state index in [0.29, 0.717) is 18.5 Å². The topological polar surface area (TPSA) is 12.0 Å². The Bertz CT molecular complexity index is 299. The molecule has 0 atom stereocenters. The summed E-state index contributed by atoms with van der Waals surface area (Å²) in [5.41, 5.74) is -0.190. The zero-order chi connectivity index (χ0) is 10.6. The van der Waals surface area contributed by atoms with E-state index in [4.69, 9.17) is 0 Å². The molecule has 0 bridgehead atoms. The van der Waals surface area contributed by atoms with Gasteiger partial charge in [0, 0.05) is 0 Å². The van der Waals surface area contributed by atoms with Crippen LogP contribution in [0.25, 0.3) is 0 Å². The standard InChI is InChI=1S/C10H12F3N.ClH/c1-14-7-6-8-4-2-3-5-9(8)10(11,12)13;/h2-5,14H,6-7H2,1H3;1H. The van der Waals surface area contributed by atoms with Gasteiger partial charge in [-0.1, -0.05) is 18.2 Å². The van der Waals surface area contributed by atoms with Crippen molar-refractivity contribution >= 4 is 12.4 Å². The molecule has 1 rings (SSSR count). The average molecular weight is 240 g/mol. The highest BCUT2D eigenvalue weighted by atomic mass is 35.5. The molecule has 0 aliphatic heterocycles. The molecule has 0 radical (unpaired) electrons. The fourth-order valence-corrected chi connectivity index (χ4v) is 1.27. The highest BCUT2D eigenvalue weighted by Crippen LogP contribution is 2.31. The average Bonchev–Trinajstić information content (AvgIpc) is 2.14. The van der Waals surface area contributed by atoms with Crippen LogP contribution in [0.2, 0.25) is 0 Å². The summed E-state index contributed by atoms with van der Waals surface area (Å²) in [6.07, 6.45) is -3.85. The second-order valence-corrected chi connectivity index (χ2v) is 3.01. The van der Waals surface area contributed by atoms with Crippen molar-refractivity contribution in [2.75, 3.05) is 13.6 Å². The van der Waals surface area contributed by atoms with Crippen molar-refractivity contribution in [1.29, 1.82) is 0 Å². The predicted molar refractivity (Wildman–Crippen MR) is 56.3 cm³/mol. The van der Waals surface area contributed by atoms with Gasteiger partial charge in [-0.15, -0.1) is 12.4 Å². The van der Waals surface area contributed by atoms with Crippen molar-refractivity contribution in [2.24, 2.45) is 0 Å². The SMILES string of the molecule is CNCCc1ccccc1C(F)(F)F.Cl. The first-order valence-corrected chi connectivity index (χ1v) is 4.35. The Balaban J connectivity index is 0.00000196. The molecular formula is C10H13ClF3N.